The van der Waals surface area contributed by atoms with E-state index >= 15 is 0 Å². The van der Waals surface area contributed by atoms with Gasteiger partial charge in [-0.25, -0.2) is 0 Å². The summed E-state index contributed by atoms with van der Waals surface area (Å²) in [5, 5.41) is 0. The Labute approximate surface area is 120 Å². The first-order chi connectivity index (χ1) is 8.81. The maximum Gasteiger partial charge on any atom is 0.252 e. The summed E-state index contributed by atoms with van der Waals surface area (Å²) in [5.41, 5.74) is 6.71. The Morgan fingerprint density at radius 3 is 2.68 bits per heavy atom. The zero-order valence-electron chi connectivity index (χ0n) is 11.0. The summed E-state index contributed by atoms with van der Waals surface area (Å²) in [6, 6.07) is 9.97. The number of amides is 1. The van der Waals surface area contributed by atoms with Gasteiger partial charge in [-0.1, -0.05) is 30.3 Å². The van der Waals surface area contributed by atoms with E-state index in [1.54, 1.807) is 4.90 Å². The zero-order valence-corrected chi connectivity index (χ0v) is 11.8. The second-order valence-electron chi connectivity index (χ2n) is 4.54. The van der Waals surface area contributed by atoms with E-state index in [0.29, 0.717) is 26.2 Å². The molecule has 1 saturated heterocycles. The minimum Gasteiger partial charge on any atom is -0.368 e. The topological polar surface area (TPSA) is 55.6 Å². The minimum atomic E-state index is -0.264. The molecule has 4 nitrogen and oxygen atoms in total. The molecule has 1 aromatic carbocycles. The van der Waals surface area contributed by atoms with Crippen molar-refractivity contribution in [2.75, 3.05) is 19.7 Å². The van der Waals surface area contributed by atoms with Gasteiger partial charge in [-0.3, -0.25) is 4.79 Å². The minimum absolute atomic E-state index is 0. The average Bonchev–Trinajstić information content (AvgIpc) is 2.92. The van der Waals surface area contributed by atoms with Crippen LogP contribution in [0.4, 0.5) is 0 Å². The molecule has 1 fully saturated rings. The molecule has 0 aromatic heterocycles. The number of benzene rings is 1. The number of rotatable bonds is 5. The molecule has 5 heteroatoms. The van der Waals surface area contributed by atoms with Crippen molar-refractivity contribution in [3.8, 4) is 0 Å². The van der Waals surface area contributed by atoms with Crippen molar-refractivity contribution in [1.29, 1.82) is 0 Å². The van der Waals surface area contributed by atoms with E-state index in [4.69, 9.17) is 10.5 Å². The summed E-state index contributed by atoms with van der Waals surface area (Å²) in [6.45, 7) is 2.35. The van der Waals surface area contributed by atoms with Crippen LogP contribution < -0.4 is 5.73 Å². The van der Waals surface area contributed by atoms with E-state index in [1.165, 1.54) is 0 Å². The van der Waals surface area contributed by atoms with Gasteiger partial charge in [0.05, 0.1) is 0 Å². The summed E-state index contributed by atoms with van der Waals surface area (Å²) in [4.78, 5) is 14.1. The second-order valence-corrected chi connectivity index (χ2v) is 4.54. The molecule has 0 radical (unpaired) electrons. The van der Waals surface area contributed by atoms with Crippen LogP contribution in [0.3, 0.4) is 0 Å². The number of hydrogen-bond donors (Lipinski definition) is 1. The molecule has 0 aliphatic carbocycles. The third-order valence-electron chi connectivity index (χ3n) is 3.13. The fourth-order valence-electron chi connectivity index (χ4n) is 2.20. The fourth-order valence-corrected chi connectivity index (χ4v) is 2.20. The fraction of sp³-hybridized carbons (Fsp3) is 0.500. The molecule has 1 aromatic rings. The lowest BCUT2D eigenvalue weighted by Crippen LogP contribution is -2.41. The number of nitrogens with two attached hydrogens (primary N) is 1. The third kappa shape index (κ3) is 4.49. The van der Waals surface area contributed by atoms with Crippen LogP contribution in [-0.4, -0.2) is 36.6 Å². The lowest BCUT2D eigenvalue weighted by molar-refractivity contribution is -0.141. The van der Waals surface area contributed by atoms with Crippen molar-refractivity contribution in [3.05, 3.63) is 35.9 Å². The number of carbonyl (C=O) groups is 1. The SMILES string of the molecule is Cl.NCCN(Cc1ccccc1)C(=O)C1CCCO1. The van der Waals surface area contributed by atoms with Crippen LogP contribution in [-0.2, 0) is 16.1 Å². The Hall–Kier alpha value is -1.10. The molecule has 2 N–H and O–H groups in total. The van der Waals surface area contributed by atoms with Crippen LogP contribution in [0.15, 0.2) is 30.3 Å². The lowest BCUT2D eigenvalue weighted by Gasteiger charge is -2.24. The van der Waals surface area contributed by atoms with Crippen LogP contribution in [0.5, 0.6) is 0 Å². The standard InChI is InChI=1S/C14H20N2O2.ClH/c15-8-9-16(11-12-5-2-1-3-6-12)14(17)13-7-4-10-18-13;/h1-3,5-6,13H,4,7-11,15H2;1H. The number of nitrogens with zero attached hydrogens (tertiary/aromatic N) is 1. The summed E-state index contributed by atoms with van der Waals surface area (Å²) in [7, 11) is 0. The average molecular weight is 285 g/mol. The molecule has 1 aliphatic rings. The molecular weight excluding hydrogens is 264 g/mol. The number of hydrogen-bond acceptors (Lipinski definition) is 3. The molecule has 0 saturated carbocycles. The van der Waals surface area contributed by atoms with Crippen molar-refractivity contribution in [3.63, 3.8) is 0 Å². The highest BCUT2D eigenvalue weighted by Gasteiger charge is 2.27. The van der Waals surface area contributed by atoms with Gasteiger partial charge in [0, 0.05) is 26.2 Å². The van der Waals surface area contributed by atoms with Gasteiger partial charge in [-0.15, -0.1) is 12.4 Å². The molecular formula is C14H21ClN2O2. The highest BCUT2D eigenvalue weighted by Crippen LogP contribution is 2.16. The Bertz CT molecular complexity index is 380. The molecule has 0 spiro atoms. The first-order valence-electron chi connectivity index (χ1n) is 6.45. The van der Waals surface area contributed by atoms with Crippen molar-refractivity contribution < 1.29 is 9.53 Å². The summed E-state index contributed by atoms with van der Waals surface area (Å²) in [5.74, 6) is 0.0711. The van der Waals surface area contributed by atoms with Gasteiger partial charge in [-0.2, -0.15) is 0 Å². The summed E-state index contributed by atoms with van der Waals surface area (Å²) in [6.07, 6.45) is 1.53. The number of carbonyl (C=O) groups excluding carboxylic acids is 1. The molecule has 2 rings (SSSR count). The van der Waals surface area contributed by atoms with Crippen molar-refractivity contribution in [1.82, 2.24) is 4.90 Å². The maximum absolute atomic E-state index is 12.3. The summed E-state index contributed by atoms with van der Waals surface area (Å²) < 4.78 is 5.45. The molecule has 1 aliphatic heterocycles. The molecule has 1 unspecified atom stereocenters. The van der Waals surface area contributed by atoms with E-state index in [-0.39, 0.29) is 24.4 Å². The Balaban J connectivity index is 0.00000180. The zero-order chi connectivity index (χ0) is 12.8. The van der Waals surface area contributed by atoms with Gasteiger partial charge >= 0.3 is 0 Å². The lowest BCUT2D eigenvalue weighted by atomic mass is 10.1. The van der Waals surface area contributed by atoms with Crippen molar-refractivity contribution in [2.45, 2.75) is 25.5 Å². The molecule has 106 valence electrons. The van der Waals surface area contributed by atoms with Crippen LogP contribution in [0.1, 0.15) is 18.4 Å². The first-order valence-corrected chi connectivity index (χ1v) is 6.45. The smallest absolute Gasteiger partial charge is 0.252 e. The monoisotopic (exact) mass is 284 g/mol. The van der Waals surface area contributed by atoms with Gasteiger partial charge in [0.1, 0.15) is 6.10 Å². The number of ether oxygens (including phenoxy) is 1. The molecule has 1 amide bonds. The molecule has 1 atom stereocenters. The Morgan fingerprint density at radius 1 is 1.37 bits per heavy atom. The third-order valence-corrected chi connectivity index (χ3v) is 3.13. The van der Waals surface area contributed by atoms with Gasteiger partial charge in [0.15, 0.2) is 0 Å². The van der Waals surface area contributed by atoms with Crippen LogP contribution in [0, 0.1) is 0 Å². The molecule has 19 heavy (non-hydrogen) atoms. The van der Waals surface area contributed by atoms with Gasteiger partial charge in [0.25, 0.3) is 5.91 Å². The number of halogens is 1. The van der Waals surface area contributed by atoms with Crippen molar-refractivity contribution >= 4 is 18.3 Å². The van der Waals surface area contributed by atoms with Gasteiger partial charge in [-0.05, 0) is 18.4 Å². The maximum atomic E-state index is 12.3. The predicted octanol–water partition coefficient (Wildman–Crippen LogP) is 1.57. The van der Waals surface area contributed by atoms with Crippen LogP contribution >= 0.6 is 12.4 Å². The van der Waals surface area contributed by atoms with Crippen LogP contribution in [0.2, 0.25) is 0 Å². The summed E-state index contributed by atoms with van der Waals surface area (Å²) >= 11 is 0. The quantitative estimate of drug-likeness (QED) is 0.893. The highest BCUT2D eigenvalue weighted by atomic mass is 35.5. The van der Waals surface area contributed by atoms with E-state index in [9.17, 15) is 4.79 Å². The predicted molar refractivity (Wildman–Crippen MR) is 77.1 cm³/mol. The Morgan fingerprint density at radius 2 is 2.11 bits per heavy atom. The largest absolute Gasteiger partial charge is 0.368 e. The van der Waals surface area contributed by atoms with E-state index in [0.717, 1.165) is 18.4 Å². The molecule has 1 heterocycles. The van der Waals surface area contributed by atoms with Gasteiger partial charge in [0.2, 0.25) is 0 Å². The van der Waals surface area contributed by atoms with Crippen molar-refractivity contribution in [2.24, 2.45) is 5.73 Å². The Kier molecular flexibility index (Phi) is 6.84. The van der Waals surface area contributed by atoms with Gasteiger partial charge < -0.3 is 15.4 Å². The second kappa shape index (κ2) is 8.15. The highest BCUT2D eigenvalue weighted by molar-refractivity contribution is 5.85. The normalized spacial score (nSPS) is 17.8. The molecule has 0 bridgehead atoms. The van der Waals surface area contributed by atoms with E-state index < -0.39 is 0 Å². The first kappa shape index (κ1) is 16.0. The van der Waals surface area contributed by atoms with E-state index in [2.05, 4.69) is 0 Å². The van der Waals surface area contributed by atoms with E-state index in [1.807, 2.05) is 30.3 Å². The van der Waals surface area contributed by atoms with Crippen LogP contribution in [0.25, 0.3) is 0 Å².